The number of rotatable bonds is 2. The maximum atomic E-state index is 13.0. The zero-order valence-electron chi connectivity index (χ0n) is 13.2. The van der Waals surface area contributed by atoms with Crippen LogP contribution in [0.5, 0.6) is 0 Å². The molecule has 1 unspecified atom stereocenters. The van der Waals surface area contributed by atoms with E-state index in [2.05, 4.69) is 0 Å². The molecule has 0 saturated carbocycles. The van der Waals surface area contributed by atoms with Crippen molar-refractivity contribution in [3.8, 4) is 0 Å². The maximum Gasteiger partial charge on any atom is 0.430 e. The predicted octanol–water partition coefficient (Wildman–Crippen LogP) is 4.24. The molecule has 0 saturated heterocycles. The minimum Gasteiger partial charge on any atom is -0.369 e. The van der Waals surface area contributed by atoms with Crippen molar-refractivity contribution in [2.24, 2.45) is 0 Å². The standard InChI is InChI=1S/C15H15F6NO2S/c1-3-10-7-22(8(2)23)11-5-4-9(6-12(11)25-10)13(24,14(16,17)18)15(19,20)21/h4-6,10,24H,3,7H2,1-2H3. The third kappa shape index (κ3) is 3.33. The lowest BCUT2D eigenvalue weighted by atomic mass is 9.92. The van der Waals surface area contributed by atoms with Crippen molar-refractivity contribution >= 4 is 23.4 Å². The normalized spacial score (nSPS) is 18.9. The maximum absolute atomic E-state index is 13.0. The molecule has 0 aliphatic carbocycles. The van der Waals surface area contributed by atoms with E-state index >= 15 is 0 Å². The first-order valence-corrected chi connectivity index (χ1v) is 8.16. The van der Waals surface area contributed by atoms with Crippen LogP contribution in [0, 0.1) is 0 Å². The van der Waals surface area contributed by atoms with E-state index in [9.17, 15) is 36.2 Å². The van der Waals surface area contributed by atoms with E-state index in [1.54, 1.807) is 6.92 Å². The summed E-state index contributed by atoms with van der Waals surface area (Å²) in [6.45, 7) is 3.38. The van der Waals surface area contributed by atoms with Crippen molar-refractivity contribution in [2.45, 2.75) is 48.4 Å². The van der Waals surface area contributed by atoms with E-state index in [4.69, 9.17) is 0 Å². The molecule has 0 fully saturated rings. The van der Waals surface area contributed by atoms with Crippen molar-refractivity contribution in [2.75, 3.05) is 11.4 Å². The molecule has 25 heavy (non-hydrogen) atoms. The van der Waals surface area contributed by atoms with E-state index in [-0.39, 0.29) is 21.7 Å². The number of anilines is 1. The molecule has 140 valence electrons. The van der Waals surface area contributed by atoms with Crippen LogP contribution >= 0.6 is 11.8 Å². The van der Waals surface area contributed by atoms with Gasteiger partial charge in [-0.2, -0.15) is 26.3 Å². The summed E-state index contributed by atoms with van der Waals surface area (Å²) in [5, 5.41) is 9.35. The van der Waals surface area contributed by atoms with Crippen molar-refractivity contribution in [3.05, 3.63) is 23.8 Å². The molecule has 3 nitrogen and oxygen atoms in total. The molecule has 2 rings (SSSR count). The summed E-state index contributed by atoms with van der Waals surface area (Å²) in [5.41, 5.74) is -6.06. The lowest BCUT2D eigenvalue weighted by molar-refractivity contribution is -0.376. The second-order valence-corrected chi connectivity index (χ2v) is 7.01. The van der Waals surface area contributed by atoms with Crippen molar-refractivity contribution in [1.82, 2.24) is 0 Å². The Hall–Kier alpha value is -1.42. The van der Waals surface area contributed by atoms with Crippen molar-refractivity contribution in [1.29, 1.82) is 0 Å². The third-order valence-corrected chi connectivity index (χ3v) is 5.40. The van der Waals surface area contributed by atoms with E-state index < -0.39 is 23.5 Å². The van der Waals surface area contributed by atoms with E-state index in [0.29, 0.717) is 25.1 Å². The molecule has 0 aromatic heterocycles. The van der Waals surface area contributed by atoms with Gasteiger partial charge in [-0.25, -0.2) is 0 Å². The Kier molecular flexibility index (Phi) is 5.08. The molecule has 1 aromatic rings. The van der Waals surface area contributed by atoms with E-state index in [1.165, 1.54) is 11.8 Å². The first-order chi connectivity index (χ1) is 11.3. The first kappa shape index (κ1) is 19.9. The monoisotopic (exact) mass is 387 g/mol. The Morgan fingerprint density at radius 3 is 2.24 bits per heavy atom. The van der Waals surface area contributed by atoms with Crippen LogP contribution in [-0.4, -0.2) is 35.2 Å². The molecule has 0 spiro atoms. The summed E-state index contributed by atoms with van der Waals surface area (Å²) < 4.78 is 78.1. The SMILES string of the molecule is CCC1CN(C(C)=O)c2ccc(C(O)(C(F)(F)F)C(F)(F)F)cc2S1. The zero-order valence-corrected chi connectivity index (χ0v) is 14.0. The number of alkyl halides is 6. The summed E-state index contributed by atoms with van der Waals surface area (Å²) >= 11 is 1.09. The van der Waals surface area contributed by atoms with Gasteiger partial charge in [-0.05, 0) is 18.6 Å². The summed E-state index contributed by atoms with van der Waals surface area (Å²) in [6, 6.07) is 2.23. The molecule has 0 radical (unpaired) electrons. The van der Waals surface area contributed by atoms with Crippen molar-refractivity contribution in [3.63, 3.8) is 0 Å². The molecule has 1 aliphatic rings. The van der Waals surface area contributed by atoms with Crippen LogP contribution in [0.3, 0.4) is 0 Å². The highest BCUT2D eigenvalue weighted by molar-refractivity contribution is 8.00. The number of fused-ring (bicyclic) bond motifs is 1. The highest BCUT2D eigenvalue weighted by Crippen LogP contribution is 2.52. The largest absolute Gasteiger partial charge is 0.430 e. The minimum absolute atomic E-state index is 0.0951. The summed E-state index contributed by atoms with van der Waals surface area (Å²) in [7, 11) is 0. The highest BCUT2D eigenvalue weighted by atomic mass is 32.2. The second-order valence-electron chi connectivity index (χ2n) is 5.67. The van der Waals surface area contributed by atoms with Gasteiger partial charge in [0.2, 0.25) is 5.91 Å². The van der Waals surface area contributed by atoms with Gasteiger partial charge in [-0.15, -0.1) is 11.8 Å². The molecular formula is C15H15F6NO2S. The van der Waals surface area contributed by atoms with Gasteiger partial charge in [0.25, 0.3) is 5.60 Å². The van der Waals surface area contributed by atoms with Crippen LogP contribution in [0.15, 0.2) is 23.1 Å². The Bertz CT molecular complexity index is 659. The number of aliphatic hydroxyl groups is 1. The number of nitrogens with zero attached hydrogens (tertiary/aromatic N) is 1. The van der Waals surface area contributed by atoms with Crippen molar-refractivity contribution < 1.29 is 36.2 Å². The third-order valence-electron chi connectivity index (χ3n) is 4.00. The summed E-state index contributed by atoms with van der Waals surface area (Å²) in [4.78, 5) is 13.1. The average Bonchev–Trinajstić information content (AvgIpc) is 2.49. The van der Waals surface area contributed by atoms with Gasteiger partial charge in [-0.1, -0.05) is 13.0 Å². The zero-order chi connectivity index (χ0) is 19.2. The van der Waals surface area contributed by atoms with E-state index in [1.807, 2.05) is 0 Å². The highest BCUT2D eigenvalue weighted by Gasteiger charge is 2.71. The topological polar surface area (TPSA) is 40.5 Å². The molecule has 1 aromatic carbocycles. The molecular weight excluding hydrogens is 372 g/mol. The van der Waals surface area contributed by atoms with Gasteiger partial charge in [0.15, 0.2) is 0 Å². The van der Waals surface area contributed by atoms with Crippen LogP contribution < -0.4 is 4.90 Å². The molecule has 0 bridgehead atoms. The Morgan fingerprint density at radius 1 is 1.24 bits per heavy atom. The fourth-order valence-corrected chi connectivity index (χ4v) is 3.82. The quantitative estimate of drug-likeness (QED) is 0.772. The number of carbonyl (C=O) groups excluding carboxylic acids is 1. The van der Waals surface area contributed by atoms with Gasteiger partial charge < -0.3 is 10.0 Å². The minimum atomic E-state index is -5.94. The van der Waals surface area contributed by atoms with Crippen LogP contribution in [-0.2, 0) is 10.4 Å². The number of carbonyl (C=O) groups is 1. The smallest absolute Gasteiger partial charge is 0.369 e. The Labute approximate surface area is 144 Å². The molecule has 1 aliphatic heterocycles. The second kappa shape index (κ2) is 6.39. The lowest BCUT2D eigenvalue weighted by Crippen LogP contribution is -2.54. The lowest BCUT2D eigenvalue weighted by Gasteiger charge is -2.36. The summed E-state index contributed by atoms with van der Waals surface area (Å²) in [5.74, 6) is -0.366. The fraction of sp³-hybridized carbons (Fsp3) is 0.533. The first-order valence-electron chi connectivity index (χ1n) is 7.28. The number of hydrogen-bond donors (Lipinski definition) is 1. The average molecular weight is 387 g/mol. The fourth-order valence-electron chi connectivity index (χ4n) is 2.57. The molecule has 10 heteroatoms. The molecule has 1 N–H and O–H groups in total. The van der Waals surface area contributed by atoms with Gasteiger partial charge >= 0.3 is 12.4 Å². The Morgan fingerprint density at radius 2 is 1.80 bits per heavy atom. The van der Waals surface area contributed by atoms with Gasteiger partial charge in [0, 0.05) is 29.2 Å². The molecule has 1 amide bonds. The van der Waals surface area contributed by atoms with Crippen LogP contribution in [0.4, 0.5) is 32.0 Å². The molecule has 1 heterocycles. The molecule has 1 atom stereocenters. The number of amides is 1. The van der Waals surface area contributed by atoms with Gasteiger partial charge in [0.05, 0.1) is 5.69 Å². The van der Waals surface area contributed by atoms with Gasteiger partial charge in [-0.3, -0.25) is 4.79 Å². The number of halogens is 6. The van der Waals surface area contributed by atoms with Gasteiger partial charge in [0.1, 0.15) is 0 Å². The number of hydrogen-bond acceptors (Lipinski definition) is 3. The van der Waals surface area contributed by atoms with Crippen LogP contribution in [0.25, 0.3) is 0 Å². The summed E-state index contributed by atoms with van der Waals surface area (Å²) in [6.07, 6.45) is -11.3. The van der Waals surface area contributed by atoms with Crippen LogP contribution in [0.1, 0.15) is 25.8 Å². The van der Waals surface area contributed by atoms with E-state index in [0.717, 1.165) is 17.8 Å². The number of benzene rings is 1. The predicted molar refractivity (Wildman–Crippen MR) is 80.4 cm³/mol. The van der Waals surface area contributed by atoms with Crippen LogP contribution in [0.2, 0.25) is 0 Å². The number of thioether (sulfide) groups is 1. The Balaban J connectivity index is 2.62.